The summed E-state index contributed by atoms with van der Waals surface area (Å²) in [6.07, 6.45) is 1.33. The highest BCUT2D eigenvalue weighted by Crippen LogP contribution is 2.25. The lowest BCUT2D eigenvalue weighted by molar-refractivity contribution is 0.0793. The number of aromatic amines is 1. The second kappa shape index (κ2) is 9.92. The Morgan fingerprint density at radius 3 is 2.56 bits per heavy atom. The third-order valence-electron chi connectivity index (χ3n) is 5.03. The number of aromatic nitrogens is 2. The van der Waals surface area contributed by atoms with E-state index in [0.29, 0.717) is 19.4 Å². The monoisotopic (exact) mass is 460 g/mol. The highest BCUT2D eigenvalue weighted by atomic mass is 32.2. The Morgan fingerprint density at radius 1 is 1.19 bits per heavy atom. The van der Waals surface area contributed by atoms with Crippen molar-refractivity contribution in [1.82, 2.24) is 19.8 Å². The van der Waals surface area contributed by atoms with Crippen LogP contribution in [0.15, 0.2) is 53.4 Å². The molecule has 0 radical (unpaired) electrons. The van der Waals surface area contributed by atoms with Crippen LogP contribution in [0.5, 0.6) is 5.75 Å². The molecule has 0 aliphatic heterocycles. The molecule has 3 rings (SSSR count). The lowest BCUT2D eigenvalue weighted by Crippen LogP contribution is -2.28. The van der Waals surface area contributed by atoms with Crippen LogP contribution < -0.4 is 9.46 Å². The van der Waals surface area contributed by atoms with Gasteiger partial charge in [0, 0.05) is 30.4 Å². The first-order valence-electron chi connectivity index (χ1n) is 9.92. The summed E-state index contributed by atoms with van der Waals surface area (Å²) in [5, 5.41) is 7.21. The van der Waals surface area contributed by atoms with Gasteiger partial charge in [0.1, 0.15) is 16.5 Å². The fourth-order valence-electron chi connectivity index (χ4n) is 3.22. The van der Waals surface area contributed by atoms with Crippen LogP contribution in [-0.4, -0.2) is 57.2 Å². The molecule has 0 spiro atoms. The van der Waals surface area contributed by atoms with E-state index in [-0.39, 0.29) is 27.9 Å². The molecule has 2 N–H and O–H groups in total. The number of hydrogen-bond acceptors (Lipinski definition) is 5. The predicted octanol–water partition coefficient (Wildman–Crippen LogP) is 2.84. The maximum atomic E-state index is 13.1. The summed E-state index contributed by atoms with van der Waals surface area (Å²) >= 11 is 0. The van der Waals surface area contributed by atoms with Gasteiger partial charge in [-0.1, -0.05) is 0 Å². The number of rotatable bonds is 9. The van der Waals surface area contributed by atoms with Gasteiger partial charge >= 0.3 is 0 Å². The van der Waals surface area contributed by atoms with E-state index in [4.69, 9.17) is 4.74 Å². The summed E-state index contributed by atoms with van der Waals surface area (Å²) in [7, 11) is 0.554. The van der Waals surface area contributed by atoms with E-state index in [1.54, 1.807) is 19.2 Å². The molecule has 0 atom stereocenters. The quantitative estimate of drug-likeness (QED) is 0.511. The number of nitrogens with one attached hydrogen (secondary N) is 2. The first-order valence-corrected chi connectivity index (χ1v) is 11.4. The van der Waals surface area contributed by atoms with Gasteiger partial charge in [0.25, 0.3) is 5.91 Å². The van der Waals surface area contributed by atoms with Crippen molar-refractivity contribution in [3.63, 3.8) is 0 Å². The van der Waals surface area contributed by atoms with Crippen molar-refractivity contribution in [2.24, 2.45) is 0 Å². The number of methoxy groups -OCH3 is 1. The molecule has 1 heterocycles. The average Bonchev–Trinajstić information content (AvgIpc) is 3.27. The van der Waals surface area contributed by atoms with Crippen LogP contribution in [0.1, 0.15) is 22.5 Å². The maximum absolute atomic E-state index is 13.1. The number of sulfonamides is 1. The molecule has 170 valence electrons. The number of benzene rings is 2. The Labute approximate surface area is 186 Å². The van der Waals surface area contributed by atoms with Crippen LogP contribution in [0.25, 0.3) is 11.3 Å². The second-order valence-electron chi connectivity index (χ2n) is 7.19. The number of H-pyrrole nitrogens is 1. The fourth-order valence-corrected chi connectivity index (χ4v) is 4.13. The predicted molar refractivity (Wildman–Crippen MR) is 119 cm³/mol. The minimum atomic E-state index is -3.78. The lowest BCUT2D eigenvalue weighted by Gasteiger charge is -2.18. The molecule has 32 heavy (non-hydrogen) atoms. The maximum Gasteiger partial charge on any atom is 0.253 e. The van der Waals surface area contributed by atoms with Crippen molar-refractivity contribution < 1.29 is 22.3 Å². The summed E-state index contributed by atoms with van der Waals surface area (Å²) in [4.78, 5) is 14.2. The van der Waals surface area contributed by atoms with E-state index in [1.165, 1.54) is 49.4 Å². The molecule has 2 aromatic carbocycles. The fraction of sp³-hybridized carbons (Fsp3) is 0.273. The van der Waals surface area contributed by atoms with Gasteiger partial charge in [-0.2, -0.15) is 5.10 Å². The number of hydrogen-bond donors (Lipinski definition) is 2. The standard InChI is InChI=1S/C22H25FN4O4S/c1-24-32(29,30)21-13-16(8-11-20(21)31-3)22(28)27(2)12-4-5-18-14-19(26-25-18)15-6-9-17(23)10-7-15/h6-11,13-14,24H,4-5,12H2,1-3H3,(H,25,26). The zero-order valence-electron chi connectivity index (χ0n) is 18.1. The van der Waals surface area contributed by atoms with Crippen molar-refractivity contribution in [3.05, 3.63) is 65.6 Å². The number of carbonyl (C=O) groups excluding carboxylic acids is 1. The Kier molecular flexibility index (Phi) is 7.26. The normalized spacial score (nSPS) is 11.4. The van der Waals surface area contributed by atoms with Crippen molar-refractivity contribution in [2.45, 2.75) is 17.7 Å². The Hall–Kier alpha value is -3.24. The van der Waals surface area contributed by atoms with E-state index in [1.807, 2.05) is 6.07 Å². The lowest BCUT2D eigenvalue weighted by atomic mass is 10.1. The van der Waals surface area contributed by atoms with E-state index in [9.17, 15) is 17.6 Å². The number of aryl methyl sites for hydroxylation is 1. The van der Waals surface area contributed by atoms with Crippen molar-refractivity contribution >= 4 is 15.9 Å². The van der Waals surface area contributed by atoms with Crippen molar-refractivity contribution in [3.8, 4) is 17.0 Å². The molecule has 0 aliphatic rings. The topological polar surface area (TPSA) is 104 Å². The summed E-state index contributed by atoms with van der Waals surface area (Å²) in [6, 6.07) is 12.3. The van der Waals surface area contributed by atoms with Gasteiger partial charge in [-0.05, 0) is 68.4 Å². The zero-order chi connectivity index (χ0) is 23.3. The number of halogens is 1. The molecular formula is C22H25FN4O4S. The van der Waals surface area contributed by atoms with Crippen molar-refractivity contribution in [2.75, 3.05) is 27.7 Å². The molecule has 0 saturated carbocycles. The SMILES string of the molecule is CNS(=O)(=O)c1cc(C(=O)N(C)CCCc2cc(-c3ccc(F)cc3)n[nH]2)ccc1OC. The number of amides is 1. The molecule has 0 saturated heterocycles. The number of carbonyl (C=O) groups is 1. The van der Waals surface area contributed by atoms with Crippen LogP contribution in [0, 0.1) is 5.82 Å². The average molecular weight is 461 g/mol. The summed E-state index contributed by atoms with van der Waals surface area (Å²) < 4.78 is 44.9. The minimum absolute atomic E-state index is 0.0902. The molecule has 3 aromatic rings. The molecule has 10 heteroatoms. The molecule has 8 nitrogen and oxygen atoms in total. The highest BCUT2D eigenvalue weighted by molar-refractivity contribution is 7.89. The van der Waals surface area contributed by atoms with Crippen LogP contribution in [0.4, 0.5) is 4.39 Å². The largest absolute Gasteiger partial charge is 0.495 e. The van der Waals surface area contributed by atoms with Gasteiger partial charge in [-0.25, -0.2) is 17.5 Å². The first-order chi connectivity index (χ1) is 15.2. The van der Waals surface area contributed by atoms with Gasteiger partial charge in [0.15, 0.2) is 0 Å². The zero-order valence-corrected chi connectivity index (χ0v) is 18.9. The Bertz CT molecular complexity index is 1190. The summed E-state index contributed by atoms with van der Waals surface area (Å²) in [5.41, 5.74) is 2.69. The van der Waals surface area contributed by atoms with Crippen LogP contribution in [0.3, 0.4) is 0 Å². The van der Waals surface area contributed by atoms with E-state index >= 15 is 0 Å². The highest BCUT2D eigenvalue weighted by Gasteiger charge is 2.21. The third kappa shape index (κ3) is 5.32. The molecule has 0 aliphatic carbocycles. The Balaban J connectivity index is 1.62. The Morgan fingerprint density at radius 2 is 1.91 bits per heavy atom. The van der Waals surface area contributed by atoms with Gasteiger partial charge < -0.3 is 9.64 Å². The second-order valence-corrected chi connectivity index (χ2v) is 9.04. The smallest absolute Gasteiger partial charge is 0.253 e. The van der Waals surface area contributed by atoms with E-state index < -0.39 is 10.0 Å². The molecule has 1 aromatic heterocycles. The molecule has 0 bridgehead atoms. The van der Waals surface area contributed by atoms with Gasteiger partial charge in [-0.15, -0.1) is 0 Å². The van der Waals surface area contributed by atoms with E-state index in [0.717, 1.165) is 17.0 Å². The van der Waals surface area contributed by atoms with Gasteiger partial charge in [0.05, 0.1) is 12.8 Å². The number of nitrogens with zero attached hydrogens (tertiary/aromatic N) is 2. The number of ether oxygens (including phenoxy) is 1. The summed E-state index contributed by atoms with van der Waals surface area (Å²) in [6.45, 7) is 0.462. The van der Waals surface area contributed by atoms with Crippen LogP contribution >= 0.6 is 0 Å². The third-order valence-corrected chi connectivity index (χ3v) is 6.46. The molecule has 0 fully saturated rings. The molecular weight excluding hydrogens is 435 g/mol. The molecule has 1 amide bonds. The molecule has 0 unspecified atom stereocenters. The van der Waals surface area contributed by atoms with Crippen LogP contribution in [-0.2, 0) is 16.4 Å². The van der Waals surface area contributed by atoms with Gasteiger partial charge in [0.2, 0.25) is 10.0 Å². The van der Waals surface area contributed by atoms with Crippen LogP contribution in [0.2, 0.25) is 0 Å². The summed E-state index contributed by atoms with van der Waals surface area (Å²) in [5.74, 6) is -0.434. The van der Waals surface area contributed by atoms with Crippen molar-refractivity contribution in [1.29, 1.82) is 0 Å². The van der Waals surface area contributed by atoms with E-state index in [2.05, 4.69) is 14.9 Å². The minimum Gasteiger partial charge on any atom is -0.495 e. The first kappa shape index (κ1) is 23.4. The van der Waals surface area contributed by atoms with Gasteiger partial charge in [-0.3, -0.25) is 9.89 Å².